The van der Waals surface area contributed by atoms with E-state index >= 15 is 0 Å². The van der Waals surface area contributed by atoms with Crippen molar-refractivity contribution in [2.45, 2.75) is 25.3 Å². The standard InChI is InChI=1S/C18H25N3O2/c22-17-7-5-15(6-8-17)4-3-10-19-18(23)21-13-9-16(14-21)20-11-1-2-12-20/h1-2,5-8,16,22H,3-4,9-14H2,(H,19,23)/t16-/m1/s1. The fraction of sp³-hybridized carbons (Fsp3) is 0.500. The summed E-state index contributed by atoms with van der Waals surface area (Å²) in [7, 11) is 0. The number of amides is 2. The lowest BCUT2D eigenvalue weighted by Gasteiger charge is -2.23. The number of phenols is 1. The van der Waals surface area contributed by atoms with Crippen LogP contribution in [-0.4, -0.2) is 59.7 Å². The Balaban J connectivity index is 1.34. The van der Waals surface area contributed by atoms with Crippen molar-refractivity contribution in [2.24, 2.45) is 0 Å². The van der Waals surface area contributed by atoms with Crippen molar-refractivity contribution in [2.75, 3.05) is 32.7 Å². The van der Waals surface area contributed by atoms with Gasteiger partial charge in [-0.05, 0) is 37.0 Å². The molecule has 5 nitrogen and oxygen atoms in total. The maximum atomic E-state index is 12.2. The van der Waals surface area contributed by atoms with E-state index in [1.807, 2.05) is 17.0 Å². The van der Waals surface area contributed by atoms with Gasteiger partial charge in [-0.25, -0.2) is 4.79 Å². The Labute approximate surface area is 137 Å². The molecule has 0 saturated carbocycles. The van der Waals surface area contributed by atoms with Crippen molar-refractivity contribution in [1.29, 1.82) is 0 Å². The number of aromatic hydroxyl groups is 1. The number of carbonyl (C=O) groups is 1. The van der Waals surface area contributed by atoms with Gasteiger partial charge < -0.3 is 15.3 Å². The SMILES string of the molecule is O=C(NCCCc1ccc(O)cc1)N1CC[C@@H](N2CC=CC2)C1. The van der Waals surface area contributed by atoms with E-state index in [2.05, 4.69) is 22.4 Å². The Morgan fingerprint density at radius 2 is 1.96 bits per heavy atom. The zero-order valence-corrected chi connectivity index (χ0v) is 13.4. The summed E-state index contributed by atoms with van der Waals surface area (Å²) in [4.78, 5) is 16.6. The number of carbonyl (C=O) groups excluding carboxylic acids is 1. The minimum absolute atomic E-state index is 0.0605. The molecule has 2 aliphatic heterocycles. The monoisotopic (exact) mass is 315 g/mol. The van der Waals surface area contributed by atoms with Gasteiger partial charge >= 0.3 is 6.03 Å². The molecule has 1 saturated heterocycles. The zero-order valence-electron chi connectivity index (χ0n) is 13.4. The Morgan fingerprint density at radius 1 is 1.22 bits per heavy atom. The van der Waals surface area contributed by atoms with Crippen LogP contribution in [0.3, 0.4) is 0 Å². The molecule has 0 spiro atoms. The largest absolute Gasteiger partial charge is 0.508 e. The lowest BCUT2D eigenvalue weighted by atomic mass is 10.1. The number of phenolic OH excluding ortho intramolecular Hbond substituents is 1. The molecule has 1 fully saturated rings. The third-order valence-electron chi connectivity index (χ3n) is 4.67. The summed E-state index contributed by atoms with van der Waals surface area (Å²) in [6.45, 7) is 4.42. The van der Waals surface area contributed by atoms with Crippen LogP contribution in [0.25, 0.3) is 0 Å². The van der Waals surface area contributed by atoms with Gasteiger partial charge in [-0.2, -0.15) is 0 Å². The highest BCUT2D eigenvalue weighted by molar-refractivity contribution is 5.74. The summed E-state index contributed by atoms with van der Waals surface area (Å²) in [6, 6.07) is 7.81. The topological polar surface area (TPSA) is 55.8 Å². The van der Waals surface area contributed by atoms with Crippen molar-refractivity contribution >= 4 is 6.03 Å². The molecule has 0 aromatic heterocycles. The summed E-state index contributed by atoms with van der Waals surface area (Å²) < 4.78 is 0. The molecule has 1 aromatic carbocycles. The number of urea groups is 1. The van der Waals surface area contributed by atoms with E-state index in [4.69, 9.17) is 0 Å². The number of rotatable bonds is 5. The number of hydrogen-bond donors (Lipinski definition) is 2. The van der Waals surface area contributed by atoms with Gasteiger partial charge in [-0.1, -0.05) is 24.3 Å². The average Bonchev–Trinajstić information content (AvgIpc) is 3.23. The van der Waals surface area contributed by atoms with Gasteiger partial charge in [-0.3, -0.25) is 4.90 Å². The van der Waals surface area contributed by atoms with Gasteiger partial charge in [0.15, 0.2) is 0 Å². The highest BCUT2D eigenvalue weighted by Gasteiger charge is 2.30. The molecule has 23 heavy (non-hydrogen) atoms. The van der Waals surface area contributed by atoms with E-state index in [0.717, 1.165) is 45.4 Å². The molecule has 2 amide bonds. The zero-order chi connectivity index (χ0) is 16.1. The molecule has 2 N–H and O–H groups in total. The van der Waals surface area contributed by atoms with E-state index in [1.165, 1.54) is 5.56 Å². The lowest BCUT2D eigenvalue weighted by Crippen LogP contribution is -2.42. The second kappa shape index (κ2) is 7.51. The van der Waals surface area contributed by atoms with Crippen molar-refractivity contribution in [1.82, 2.24) is 15.1 Å². The Bertz CT molecular complexity index is 548. The Hall–Kier alpha value is -2.01. The molecule has 1 aromatic rings. The smallest absolute Gasteiger partial charge is 0.317 e. The predicted molar refractivity (Wildman–Crippen MR) is 90.5 cm³/mol. The first-order valence-corrected chi connectivity index (χ1v) is 8.42. The maximum absolute atomic E-state index is 12.2. The molecule has 0 aliphatic carbocycles. The molecule has 124 valence electrons. The van der Waals surface area contributed by atoms with Crippen LogP contribution in [0.5, 0.6) is 5.75 Å². The van der Waals surface area contributed by atoms with Crippen molar-refractivity contribution in [3.05, 3.63) is 42.0 Å². The first-order valence-electron chi connectivity index (χ1n) is 8.42. The number of likely N-dealkylation sites (tertiary alicyclic amines) is 1. The molecule has 0 radical (unpaired) electrons. The predicted octanol–water partition coefficient (Wildman–Crippen LogP) is 1.98. The van der Waals surface area contributed by atoms with Crippen molar-refractivity contribution in [3.63, 3.8) is 0 Å². The minimum atomic E-state index is 0.0605. The van der Waals surface area contributed by atoms with Gasteiger partial charge in [0.1, 0.15) is 5.75 Å². The van der Waals surface area contributed by atoms with E-state index in [-0.39, 0.29) is 6.03 Å². The fourth-order valence-electron chi connectivity index (χ4n) is 3.28. The Morgan fingerprint density at radius 3 is 2.70 bits per heavy atom. The third-order valence-corrected chi connectivity index (χ3v) is 4.67. The van der Waals surface area contributed by atoms with Gasteiger partial charge in [0, 0.05) is 38.8 Å². The van der Waals surface area contributed by atoms with E-state index in [9.17, 15) is 9.90 Å². The number of hydrogen-bond acceptors (Lipinski definition) is 3. The molecule has 1 atom stereocenters. The van der Waals surface area contributed by atoms with Crippen molar-refractivity contribution < 1.29 is 9.90 Å². The van der Waals surface area contributed by atoms with Gasteiger partial charge in [-0.15, -0.1) is 0 Å². The minimum Gasteiger partial charge on any atom is -0.508 e. The maximum Gasteiger partial charge on any atom is 0.317 e. The molecular weight excluding hydrogens is 290 g/mol. The van der Waals surface area contributed by atoms with E-state index in [0.29, 0.717) is 18.3 Å². The summed E-state index contributed by atoms with van der Waals surface area (Å²) >= 11 is 0. The second-order valence-corrected chi connectivity index (χ2v) is 6.32. The lowest BCUT2D eigenvalue weighted by molar-refractivity contribution is 0.200. The highest BCUT2D eigenvalue weighted by atomic mass is 16.3. The van der Waals surface area contributed by atoms with Crippen LogP contribution in [0, 0.1) is 0 Å². The summed E-state index contributed by atoms with van der Waals surface area (Å²) in [5.41, 5.74) is 1.18. The summed E-state index contributed by atoms with van der Waals surface area (Å²) in [6.07, 6.45) is 7.28. The number of aryl methyl sites for hydroxylation is 1. The average molecular weight is 315 g/mol. The first kappa shape index (κ1) is 15.9. The fourth-order valence-corrected chi connectivity index (χ4v) is 3.28. The highest BCUT2D eigenvalue weighted by Crippen LogP contribution is 2.17. The van der Waals surface area contributed by atoms with E-state index < -0.39 is 0 Å². The van der Waals surface area contributed by atoms with Crippen molar-refractivity contribution in [3.8, 4) is 5.75 Å². The first-order chi connectivity index (χ1) is 11.2. The Kier molecular flexibility index (Phi) is 5.18. The summed E-state index contributed by atoms with van der Waals surface area (Å²) in [5.74, 6) is 0.291. The number of nitrogens with one attached hydrogen (secondary N) is 1. The molecule has 2 aliphatic rings. The van der Waals surface area contributed by atoms with Crippen LogP contribution in [0.1, 0.15) is 18.4 Å². The third kappa shape index (κ3) is 4.26. The molecule has 0 unspecified atom stereocenters. The number of nitrogens with zero attached hydrogens (tertiary/aromatic N) is 2. The van der Waals surface area contributed by atoms with Gasteiger partial charge in [0.2, 0.25) is 0 Å². The molecule has 3 rings (SSSR count). The number of benzene rings is 1. The summed E-state index contributed by atoms with van der Waals surface area (Å²) in [5, 5.41) is 12.3. The molecule has 2 heterocycles. The van der Waals surface area contributed by atoms with Crippen LogP contribution in [-0.2, 0) is 6.42 Å². The van der Waals surface area contributed by atoms with Gasteiger partial charge in [0.25, 0.3) is 0 Å². The van der Waals surface area contributed by atoms with Crippen LogP contribution >= 0.6 is 0 Å². The van der Waals surface area contributed by atoms with Crippen LogP contribution in [0.4, 0.5) is 4.79 Å². The molecule has 5 heteroatoms. The van der Waals surface area contributed by atoms with Crippen LogP contribution in [0.2, 0.25) is 0 Å². The van der Waals surface area contributed by atoms with Crippen LogP contribution in [0.15, 0.2) is 36.4 Å². The normalized spacial score (nSPS) is 21.0. The van der Waals surface area contributed by atoms with E-state index in [1.54, 1.807) is 12.1 Å². The van der Waals surface area contributed by atoms with Gasteiger partial charge in [0.05, 0.1) is 0 Å². The molecular formula is C18H25N3O2. The van der Waals surface area contributed by atoms with Crippen LogP contribution < -0.4 is 5.32 Å². The quantitative estimate of drug-likeness (QED) is 0.645. The second-order valence-electron chi connectivity index (χ2n) is 6.32. The molecule has 0 bridgehead atoms.